The molecule has 0 aliphatic carbocycles. The maximum absolute atomic E-state index is 11.5. The predicted molar refractivity (Wildman–Crippen MR) is 69.5 cm³/mol. The molecule has 0 radical (unpaired) electrons. The van der Waals surface area contributed by atoms with Gasteiger partial charge >= 0.3 is 5.97 Å². The summed E-state index contributed by atoms with van der Waals surface area (Å²) in [5.74, 6) is -0.686. The van der Waals surface area contributed by atoms with Gasteiger partial charge in [0.05, 0.1) is 30.9 Å². The Morgan fingerprint density at radius 3 is 2.62 bits per heavy atom. The third-order valence-corrected chi connectivity index (χ3v) is 2.85. The number of nitrogens with zero attached hydrogens (tertiary/aromatic N) is 4. The number of benzene rings is 1. The zero-order chi connectivity index (χ0) is 15.4. The summed E-state index contributed by atoms with van der Waals surface area (Å²) >= 11 is 0. The minimum atomic E-state index is -0.686. The van der Waals surface area contributed by atoms with Crippen LogP contribution in [-0.2, 0) is 17.9 Å². The molecule has 0 spiro atoms. The Morgan fingerprint density at radius 2 is 2.10 bits per heavy atom. The molecule has 2 aromatic rings. The van der Waals surface area contributed by atoms with Crippen molar-refractivity contribution in [2.75, 3.05) is 7.11 Å². The number of aliphatic hydroxyl groups excluding tert-OH is 1. The summed E-state index contributed by atoms with van der Waals surface area (Å²) in [6, 6.07) is 5.87. The van der Waals surface area contributed by atoms with Gasteiger partial charge in [-0.1, -0.05) is 17.3 Å². The first-order valence-electron chi connectivity index (χ1n) is 5.91. The highest BCUT2D eigenvalue weighted by Crippen LogP contribution is 2.14. The first-order valence-corrected chi connectivity index (χ1v) is 5.91. The Morgan fingerprint density at radius 1 is 1.43 bits per heavy atom. The van der Waals surface area contributed by atoms with Gasteiger partial charge in [0.1, 0.15) is 0 Å². The van der Waals surface area contributed by atoms with Crippen LogP contribution in [0.25, 0.3) is 0 Å². The fourth-order valence-electron chi connectivity index (χ4n) is 1.77. The Kier molecular flexibility index (Phi) is 4.24. The van der Waals surface area contributed by atoms with E-state index in [1.807, 2.05) is 0 Å². The van der Waals surface area contributed by atoms with Crippen LogP contribution in [0.4, 0.5) is 5.69 Å². The van der Waals surface area contributed by atoms with E-state index in [1.165, 1.54) is 23.9 Å². The van der Waals surface area contributed by atoms with Crippen LogP contribution in [0.2, 0.25) is 0 Å². The third-order valence-electron chi connectivity index (χ3n) is 2.85. The second-order valence-corrected chi connectivity index (χ2v) is 4.12. The van der Waals surface area contributed by atoms with Crippen molar-refractivity contribution < 1.29 is 19.6 Å². The van der Waals surface area contributed by atoms with Crippen LogP contribution in [0.15, 0.2) is 24.3 Å². The van der Waals surface area contributed by atoms with Crippen molar-refractivity contribution in [2.24, 2.45) is 0 Å². The van der Waals surface area contributed by atoms with E-state index in [4.69, 9.17) is 0 Å². The van der Waals surface area contributed by atoms with Crippen molar-refractivity contribution in [1.82, 2.24) is 15.0 Å². The van der Waals surface area contributed by atoms with Gasteiger partial charge in [-0.2, -0.15) is 0 Å². The van der Waals surface area contributed by atoms with Crippen LogP contribution in [0.3, 0.4) is 0 Å². The molecule has 1 aromatic heterocycles. The second-order valence-electron chi connectivity index (χ2n) is 4.12. The summed E-state index contributed by atoms with van der Waals surface area (Å²) in [5.41, 5.74) is 0.869. The van der Waals surface area contributed by atoms with Crippen LogP contribution in [0.5, 0.6) is 0 Å². The summed E-state index contributed by atoms with van der Waals surface area (Å²) in [6.07, 6.45) is 0. The van der Waals surface area contributed by atoms with Gasteiger partial charge in [-0.25, -0.2) is 9.48 Å². The van der Waals surface area contributed by atoms with Crippen LogP contribution in [0, 0.1) is 10.1 Å². The van der Waals surface area contributed by atoms with E-state index in [0.29, 0.717) is 0 Å². The van der Waals surface area contributed by atoms with Gasteiger partial charge in [-0.3, -0.25) is 10.1 Å². The highest BCUT2D eigenvalue weighted by molar-refractivity contribution is 5.88. The SMILES string of the molecule is COC(=O)c1nnn(Cc2ccc([N+](=O)[O-])cc2)c1CO. The lowest BCUT2D eigenvalue weighted by atomic mass is 10.2. The van der Waals surface area contributed by atoms with Gasteiger partial charge in [0.25, 0.3) is 5.69 Å². The average molecular weight is 292 g/mol. The highest BCUT2D eigenvalue weighted by Gasteiger charge is 2.19. The molecule has 21 heavy (non-hydrogen) atoms. The van der Waals surface area contributed by atoms with Crippen molar-refractivity contribution in [3.8, 4) is 0 Å². The lowest BCUT2D eigenvalue weighted by Gasteiger charge is -2.05. The number of nitro benzene ring substituents is 1. The smallest absolute Gasteiger partial charge is 0.360 e. The number of non-ortho nitro benzene ring substituents is 1. The molecule has 0 saturated heterocycles. The zero-order valence-corrected chi connectivity index (χ0v) is 11.1. The van der Waals surface area contributed by atoms with Crippen LogP contribution in [-0.4, -0.2) is 38.1 Å². The number of methoxy groups -OCH3 is 1. The molecular weight excluding hydrogens is 280 g/mol. The fourth-order valence-corrected chi connectivity index (χ4v) is 1.77. The molecule has 0 aliphatic rings. The number of ether oxygens (including phenoxy) is 1. The molecule has 2 rings (SSSR count). The first-order chi connectivity index (χ1) is 10.1. The first kappa shape index (κ1) is 14.6. The monoisotopic (exact) mass is 292 g/mol. The molecule has 0 aliphatic heterocycles. The third kappa shape index (κ3) is 3.03. The van der Waals surface area contributed by atoms with E-state index in [0.717, 1.165) is 5.56 Å². The Bertz CT molecular complexity index is 665. The highest BCUT2D eigenvalue weighted by atomic mass is 16.6. The van der Waals surface area contributed by atoms with Crippen LogP contribution < -0.4 is 0 Å². The molecule has 1 N–H and O–H groups in total. The Balaban J connectivity index is 2.25. The number of hydrogen-bond donors (Lipinski definition) is 1. The summed E-state index contributed by atoms with van der Waals surface area (Å²) in [4.78, 5) is 21.5. The summed E-state index contributed by atoms with van der Waals surface area (Å²) in [7, 11) is 1.21. The van der Waals surface area contributed by atoms with Crippen LogP contribution >= 0.6 is 0 Å². The fraction of sp³-hybridized carbons (Fsp3) is 0.250. The van der Waals surface area contributed by atoms with Crippen molar-refractivity contribution in [3.63, 3.8) is 0 Å². The molecule has 0 atom stereocenters. The number of aromatic nitrogens is 3. The van der Waals surface area contributed by atoms with Gasteiger partial charge in [0.2, 0.25) is 0 Å². The van der Waals surface area contributed by atoms with Crippen molar-refractivity contribution in [3.05, 3.63) is 51.3 Å². The molecule has 0 amide bonds. The van der Waals surface area contributed by atoms with E-state index in [1.54, 1.807) is 12.1 Å². The summed E-state index contributed by atoms with van der Waals surface area (Å²) in [5, 5.41) is 27.4. The number of hydrogen-bond acceptors (Lipinski definition) is 7. The number of carbonyl (C=O) groups excluding carboxylic acids is 1. The number of carbonyl (C=O) groups is 1. The predicted octanol–water partition coefficient (Wildman–Crippen LogP) is 0.513. The molecule has 1 heterocycles. The molecule has 0 unspecified atom stereocenters. The Hall–Kier alpha value is -2.81. The lowest BCUT2D eigenvalue weighted by molar-refractivity contribution is -0.384. The van der Waals surface area contributed by atoms with E-state index in [-0.39, 0.29) is 23.6 Å². The lowest BCUT2D eigenvalue weighted by Crippen LogP contribution is -2.10. The zero-order valence-electron chi connectivity index (χ0n) is 11.1. The summed E-state index contributed by atoms with van der Waals surface area (Å²) in [6.45, 7) is -0.206. The normalized spacial score (nSPS) is 10.4. The largest absolute Gasteiger partial charge is 0.464 e. The topological polar surface area (TPSA) is 120 Å². The number of rotatable bonds is 5. The molecule has 110 valence electrons. The van der Waals surface area contributed by atoms with Gasteiger partial charge in [-0.05, 0) is 5.56 Å². The molecule has 9 nitrogen and oxygen atoms in total. The molecule has 0 fully saturated rings. The maximum atomic E-state index is 11.5. The maximum Gasteiger partial charge on any atom is 0.360 e. The number of nitro groups is 1. The Labute approximate surface area is 118 Å². The molecule has 9 heteroatoms. The van der Waals surface area contributed by atoms with Crippen molar-refractivity contribution in [1.29, 1.82) is 0 Å². The quantitative estimate of drug-likeness (QED) is 0.484. The van der Waals surface area contributed by atoms with Crippen molar-refractivity contribution in [2.45, 2.75) is 13.2 Å². The number of esters is 1. The van der Waals surface area contributed by atoms with Gasteiger partial charge in [0, 0.05) is 12.1 Å². The second kappa shape index (κ2) is 6.09. The minimum absolute atomic E-state index is 0.0185. The number of aliphatic hydroxyl groups is 1. The minimum Gasteiger partial charge on any atom is -0.464 e. The molecule has 0 bridgehead atoms. The van der Waals surface area contributed by atoms with E-state index in [2.05, 4.69) is 15.0 Å². The van der Waals surface area contributed by atoms with E-state index >= 15 is 0 Å². The van der Waals surface area contributed by atoms with E-state index < -0.39 is 17.5 Å². The van der Waals surface area contributed by atoms with Crippen LogP contribution in [0.1, 0.15) is 21.7 Å². The molecule has 0 saturated carbocycles. The van der Waals surface area contributed by atoms with Gasteiger partial charge in [-0.15, -0.1) is 5.10 Å². The standard InChI is InChI=1S/C12H12N4O5/c1-21-12(18)11-10(7-17)15(14-13-11)6-8-2-4-9(5-3-8)16(19)20/h2-5,17H,6-7H2,1H3. The van der Waals surface area contributed by atoms with E-state index in [9.17, 15) is 20.0 Å². The van der Waals surface area contributed by atoms with Gasteiger partial charge < -0.3 is 9.84 Å². The van der Waals surface area contributed by atoms with Crippen molar-refractivity contribution >= 4 is 11.7 Å². The van der Waals surface area contributed by atoms with Gasteiger partial charge in [0.15, 0.2) is 5.69 Å². The molecule has 1 aromatic carbocycles. The summed E-state index contributed by atoms with van der Waals surface area (Å²) < 4.78 is 5.88. The average Bonchev–Trinajstić information content (AvgIpc) is 2.89. The molecular formula is C12H12N4O5.